The van der Waals surface area contributed by atoms with E-state index in [0.29, 0.717) is 24.0 Å². The van der Waals surface area contributed by atoms with Crippen LogP contribution in [-0.4, -0.2) is 50.2 Å². The van der Waals surface area contributed by atoms with E-state index in [0.717, 1.165) is 0 Å². The van der Waals surface area contributed by atoms with Gasteiger partial charge in [-0.3, -0.25) is 9.59 Å². The number of carboxylic acid groups (broad SMARTS) is 1. The summed E-state index contributed by atoms with van der Waals surface area (Å²) >= 11 is 0. The minimum atomic E-state index is -1.07. The second-order valence-electron chi connectivity index (χ2n) is 4.24. The van der Waals surface area contributed by atoms with Crippen molar-refractivity contribution in [3.05, 3.63) is 30.1 Å². The van der Waals surface area contributed by atoms with E-state index < -0.39 is 11.9 Å². The van der Waals surface area contributed by atoms with Gasteiger partial charge in [-0.2, -0.15) is 0 Å². The van der Waals surface area contributed by atoms with Gasteiger partial charge in [0, 0.05) is 6.54 Å². The van der Waals surface area contributed by atoms with Crippen molar-refractivity contribution in [3.8, 4) is 0 Å². The molecule has 0 aliphatic carbocycles. The van der Waals surface area contributed by atoms with Gasteiger partial charge in [0.05, 0.1) is 5.52 Å². The van der Waals surface area contributed by atoms with Crippen molar-refractivity contribution in [2.45, 2.75) is 13.3 Å². The summed E-state index contributed by atoms with van der Waals surface area (Å²) in [5.41, 5.74) is 1.14. The fourth-order valence-electron chi connectivity index (χ4n) is 1.80. The van der Waals surface area contributed by atoms with Crippen molar-refractivity contribution in [2.24, 2.45) is 0 Å². The van der Waals surface area contributed by atoms with Crippen molar-refractivity contribution in [1.82, 2.24) is 20.1 Å². The van der Waals surface area contributed by atoms with E-state index in [-0.39, 0.29) is 12.4 Å². The van der Waals surface area contributed by atoms with E-state index in [9.17, 15) is 9.59 Å². The van der Waals surface area contributed by atoms with Gasteiger partial charge in [-0.05, 0) is 18.6 Å². The minimum Gasteiger partial charge on any atom is -0.480 e. The minimum absolute atomic E-state index is 0.0848. The van der Waals surface area contributed by atoms with Gasteiger partial charge < -0.3 is 10.0 Å². The van der Waals surface area contributed by atoms with Gasteiger partial charge in [0.25, 0.3) is 5.91 Å². The Labute approximate surface area is 115 Å². The van der Waals surface area contributed by atoms with Crippen LogP contribution in [0.3, 0.4) is 0 Å². The number of hydrogen-bond donors (Lipinski definition) is 1. The quantitative estimate of drug-likeness (QED) is 0.872. The van der Waals surface area contributed by atoms with E-state index in [1.165, 1.54) is 4.90 Å². The molecule has 7 heteroatoms. The van der Waals surface area contributed by atoms with E-state index in [1.54, 1.807) is 24.3 Å². The number of nitrogens with zero attached hydrogens (tertiary/aromatic N) is 4. The van der Waals surface area contributed by atoms with Crippen LogP contribution in [0.15, 0.2) is 24.3 Å². The zero-order chi connectivity index (χ0) is 14.5. The number of carboxylic acids is 1. The SMILES string of the molecule is CCCN(CC(=O)O)C(=O)c1nnc2ccccc2n1. The zero-order valence-corrected chi connectivity index (χ0v) is 11.0. The maximum atomic E-state index is 12.2. The van der Waals surface area contributed by atoms with Crippen LogP contribution >= 0.6 is 0 Å². The van der Waals surface area contributed by atoms with Crippen LogP contribution < -0.4 is 0 Å². The highest BCUT2D eigenvalue weighted by Gasteiger charge is 2.21. The zero-order valence-electron chi connectivity index (χ0n) is 11.0. The van der Waals surface area contributed by atoms with Crippen LogP contribution in [0.1, 0.15) is 24.0 Å². The normalized spacial score (nSPS) is 10.4. The highest BCUT2D eigenvalue weighted by molar-refractivity contribution is 5.93. The van der Waals surface area contributed by atoms with Crippen molar-refractivity contribution in [2.75, 3.05) is 13.1 Å². The summed E-state index contributed by atoms with van der Waals surface area (Å²) in [6.07, 6.45) is 0.653. The second kappa shape index (κ2) is 6.05. The van der Waals surface area contributed by atoms with E-state index in [4.69, 9.17) is 5.11 Å². The van der Waals surface area contributed by atoms with Crippen molar-refractivity contribution < 1.29 is 14.7 Å². The molecule has 0 aliphatic heterocycles. The molecule has 0 atom stereocenters. The van der Waals surface area contributed by atoms with Gasteiger partial charge in [0.15, 0.2) is 0 Å². The molecule has 0 unspecified atom stereocenters. The topological polar surface area (TPSA) is 96.3 Å². The average Bonchev–Trinajstić information content (AvgIpc) is 2.45. The molecule has 0 saturated heterocycles. The molecule has 1 amide bonds. The summed E-state index contributed by atoms with van der Waals surface area (Å²) in [5.74, 6) is -1.67. The molecule has 0 radical (unpaired) electrons. The predicted octanol–water partition coefficient (Wildman–Crippen LogP) is 0.962. The monoisotopic (exact) mass is 274 g/mol. The third-order valence-electron chi connectivity index (χ3n) is 2.66. The van der Waals surface area contributed by atoms with Gasteiger partial charge in [0.2, 0.25) is 5.82 Å². The Hall–Kier alpha value is -2.57. The number of carbonyl (C=O) groups excluding carboxylic acids is 1. The first kappa shape index (κ1) is 13.9. The first-order chi connectivity index (χ1) is 9.61. The number of aliphatic carboxylic acids is 1. The first-order valence-electron chi connectivity index (χ1n) is 6.22. The molecule has 0 spiro atoms. The molecule has 1 N–H and O–H groups in total. The second-order valence-corrected chi connectivity index (χ2v) is 4.24. The number of amides is 1. The van der Waals surface area contributed by atoms with Crippen LogP contribution in [0.25, 0.3) is 11.0 Å². The molecule has 0 saturated carbocycles. The van der Waals surface area contributed by atoms with E-state index >= 15 is 0 Å². The highest BCUT2D eigenvalue weighted by Crippen LogP contribution is 2.08. The van der Waals surface area contributed by atoms with Crippen LogP contribution in [-0.2, 0) is 4.79 Å². The molecule has 1 aromatic carbocycles. The van der Waals surface area contributed by atoms with Crippen LogP contribution in [0.4, 0.5) is 0 Å². The molecule has 2 aromatic rings. The number of aromatic nitrogens is 3. The average molecular weight is 274 g/mol. The summed E-state index contributed by atoms with van der Waals surface area (Å²) in [6.45, 7) is 1.83. The fourth-order valence-corrected chi connectivity index (χ4v) is 1.80. The molecule has 20 heavy (non-hydrogen) atoms. The molecule has 104 valence electrons. The maximum absolute atomic E-state index is 12.2. The third kappa shape index (κ3) is 3.05. The van der Waals surface area contributed by atoms with Crippen LogP contribution in [0.2, 0.25) is 0 Å². The lowest BCUT2D eigenvalue weighted by molar-refractivity contribution is -0.137. The molecule has 7 nitrogen and oxygen atoms in total. The maximum Gasteiger partial charge on any atom is 0.323 e. The number of para-hydroxylation sites is 1. The number of rotatable bonds is 5. The first-order valence-corrected chi connectivity index (χ1v) is 6.22. The van der Waals surface area contributed by atoms with Gasteiger partial charge in [-0.25, -0.2) is 4.98 Å². The van der Waals surface area contributed by atoms with E-state index in [2.05, 4.69) is 15.2 Å². The van der Waals surface area contributed by atoms with Crippen molar-refractivity contribution in [1.29, 1.82) is 0 Å². The van der Waals surface area contributed by atoms with Crippen LogP contribution in [0, 0.1) is 0 Å². The molecule has 2 rings (SSSR count). The number of fused-ring (bicyclic) bond motifs is 1. The lowest BCUT2D eigenvalue weighted by Crippen LogP contribution is -2.37. The number of carbonyl (C=O) groups is 2. The van der Waals surface area contributed by atoms with Crippen LogP contribution in [0.5, 0.6) is 0 Å². The molecule has 1 aromatic heterocycles. The summed E-state index contributed by atoms with van der Waals surface area (Å²) in [4.78, 5) is 28.3. The predicted molar refractivity (Wildman–Crippen MR) is 71.2 cm³/mol. The Bertz CT molecular complexity index is 644. The third-order valence-corrected chi connectivity index (χ3v) is 2.66. The Morgan fingerprint density at radius 1 is 1.20 bits per heavy atom. The lowest BCUT2D eigenvalue weighted by Gasteiger charge is -2.18. The van der Waals surface area contributed by atoms with Gasteiger partial charge in [-0.15, -0.1) is 10.2 Å². The fraction of sp³-hybridized carbons (Fsp3) is 0.308. The molecule has 0 bridgehead atoms. The summed E-state index contributed by atoms with van der Waals surface area (Å²) < 4.78 is 0. The lowest BCUT2D eigenvalue weighted by atomic mass is 10.3. The Balaban J connectivity index is 2.30. The summed E-state index contributed by atoms with van der Waals surface area (Å²) in [5, 5.41) is 16.5. The van der Waals surface area contributed by atoms with E-state index in [1.807, 2.05) is 6.92 Å². The largest absolute Gasteiger partial charge is 0.480 e. The molecule has 0 aliphatic rings. The number of hydrogen-bond acceptors (Lipinski definition) is 5. The summed E-state index contributed by atoms with van der Waals surface area (Å²) in [6, 6.07) is 7.05. The standard InChI is InChI=1S/C13H14N4O3/c1-2-7-17(8-11(18)19)13(20)12-14-9-5-3-4-6-10(9)15-16-12/h3-6H,2,7-8H2,1H3,(H,18,19). The van der Waals surface area contributed by atoms with Crippen molar-refractivity contribution >= 4 is 22.9 Å². The Morgan fingerprint density at radius 2 is 1.90 bits per heavy atom. The van der Waals surface area contributed by atoms with Gasteiger partial charge >= 0.3 is 5.97 Å². The Kier molecular flexibility index (Phi) is 4.19. The van der Waals surface area contributed by atoms with Gasteiger partial charge in [-0.1, -0.05) is 19.1 Å². The van der Waals surface area contributed by atoms with Gasteiger partial charge in [0.1, 0.15) is 12.1 Å². The smallest absolute Gasteiger partial charge is 0.323 e. The number of benzene rings is 1. The summed E-state index contributed by atoms with van der Waals surface area (Å²) in [7, 11) is 0. The molecule has 0 fully saturated rings. The highest BCUT2D eigenvalue weighted by atomic mass is 16.4. The molecular weight excluding hydrogens is 260 g/mol. The Morgan fingerprint density at radius 3 is 2.55 bits per heavy atom. The van der Waals surface area contributed by atoms with Crippen molar-refractivity contribution in [3.63, 3.8) is 0 Å². The molecule has 1 heterocycles. The molecular formula is C13H14N4O3.